The molecule has 2 aromatic heterocycles. The van der Waals surface area contributed by atoms with Gasteiger partial charge >= 0.3 is 5.97 Å². The number of hydrogen-bond donors (Lipinski definition) is 0. The molecule has 1 aliphatic rings. The quantitative estimate of drug-likeness (QED) is 0.561. The Labute approximate surface area is 173 Å². The first-order valence-corrected chi connectivity index (χ1v) is 11.1. The van der Waals surface area contributed by atoms with Gasteiger partial charge in [0.15, 0.2) is 0 Å². The number of aromatic nitrogens is 3. The molecular weight excluding hydrogens is 386 g/mol. The summed E-state index contributed by atoms with van der Waals surface area (Å²) in [4.78, 5) is 30.1. The summed E-state index contributed by atoms with van der Waals surface area (Å²) in [7, 11) is 0. The highest BCUT2D eigenvalue weighted by Gasteiger charge is 2.22. The summed E-state index contributed by atoms with van der Waals surface area (Å²) < 4.78 is 6.87. The van der Waals surface area contributed by atoms with Crippen LogP contribution in [0.4, 0.5) is 0 Å². The van der Waals surface area contributed by atoms with E-state index >= 15 is 0 Å². The second kappa shape index (κ2) is 8.86. The molecule has 6 nitrogen and oxygen atoms in total. The Balaban J connectivity index is 1.49. The molecule has 0 spiro atoms. The van der Waals surface area contributed by atoms with E-state index in [0.29, 0.717) is 23.0 Å². The molecule has 0 N–H and O–H groups in total. The maximum Gasteiger partial charge on any atom is 0.313 e. The summed E-state index contributed by atoms with van der Waals surface area (Å²) >= 11 is 1.47. The number of hydrogen-bond acceptors (Lipinski definition) is 6. The minimum absolute atomic E-state index is 0.00936. The topological polar surface area (TPSA) is 73.6 Å². The Kier molecular flexibility index (Phi) is 6.04. The van der Waals surface area contributed by atoms with Crippen LogP contribution in [0, 0.1) is 0 Å². The average Bonchev–Trinajstić information content (AvgIpc) is 3.19. The minimum Gasteiger partial charge on any atom is -0.459 e. The zero-order valence-corrected chi connectivity index (χ0v) is 17.4. The zero-order chi connectivity index (χ0) is 20.2. The molecule has 0 unspecified atom stereocenters. The first-order chi connectivity index (χ1) is 14.2. The first-order valence-electron chi connectivity index (χ1n) is 10.3. The number of rotatable bonds is 6. The van der Waals surface area contributed by atoms with Crippen molar-refractivity contribution in [2.45, 2.75) is 63.9 Å². The third-order valence-corrected chi connectivity index (χ3v) is 6.60. The van der Waals surface area contributed by atoms with E-state index in [-0.39, 0.29) is 24.1 Å². The zero-order valence-electron chi connectivity index (χ0n) is 16.5. The Morgan fingerprint density at radius 1 is 1.24 bits per heavy atom. The Hall–Kier alpha value is -2.54. The largest absolute Gasteiger partial charge is 0.459 e. The van der Waals surface area contributed by atoms with Crippen LogP contribution in [0.25, 0.3) is 4.96 Å². The molecule has 1 saturated carbocycles. The van der Waals surface area contributed by atoms with Crippen LogP contribution >= 0.6 is 11.3 Å². The molecule has 29 heavy (non-hydrogen) atoms. The van der Waals surface area contributed by atoms with E-state index in [1.807, 2.05) is 37.3 Å². The van der Waals surface area contributed by atoms with Gasteiger partial charge in [-0.05, 0) is 24.8 Å². The second-order valence-corrected chi connectivity index (χ2v) is 8.52. The van der Waals surface area contributed by atoms with E-state index in [1.54, 1.807) is 0 Å². The summed E-state index contributed by atoms with van der Waals surface area (Å²) in [5.41, 5.74) is 1.17. The summed E-state index contributed by atoms with van der Waals surface area (Å²) in [6.45, 7) is 1.95. The molecule has 1 aliphatic carbocycles. The van der Waals surface area contributed by atoms with Crippen LogP contribution in [0.2, 0.25) is 0 Å². The number of esters is 1. The minimum atomic E-state index is -0.317. The predicted octanol–water partition coefficient (Wildman–Crippen LogP) is 4.44. The van der Waals surface area contributed by atoms with Crippen LogP contribution in [0.1, 0.15) is 73.5 Å². The molecule has 3 aromatic rings. The van der Waals surface area contributed by atoms with Crippen LogP contribution in [-0.4, -0.2) is 20.6 Å². The molecule has 4 rings (SSSR count). The molecule has 0 saturated heterocycles. The van der Waals surface area contributed by atoms with Crippen LogP contribution in [0.5, 0.6) is 0 Å². The van der Waals surface area contributed by atoms with Crippen LogP contribution in [0.3, 0.4) is 0 Å². The lowest BCUT2D eigenvalue weighted by Gasteiger charge is -2.18. The lowest BCUT2D eigenvalue weighted by atomic mass is 9.90. The van der Waals surface area contributed by atoms with Crippen molar-refractivity contribution < 1.29 is 9.53 Å². The van der Waals surface area contributed by atoms with Gasteiger partial charge < -0.3 is 4.74 Å². The number of carbonyl (C=O) groups is 1. The Morgan fingerprint density at radius 3 is 2.72 bits per heavy atom. The fraction of sp³-hybridized carbons (Fsp3) is 0.455. The van der Waals surface area contributed by atoms with Gasteiger partial charge in [0.25, 0.3) is 5.56 Å². The van der Waals surface area contributed by atoms with Gasteiger partial charge in [0.2, 0.25) is 4.96 Å². The van der Waals surface area contributed by atoms with Gasteiger partial charge in [-0.3, -0.25) is 9.59 Å². The maximum absolute atomic E-state index is 12.6. The highest BCUT2D eigenvalue weighted by Crippen LogP contribution is 2.34. The highest BCUT2D eigenvalue weighted by molar-refractivity contribution is 7.16. The van der Waals surface area contributed by atoms with Crippen molar-refractivity contribution in [3.8, 4) is 0 Å². The van der Waals surface area contributed by atoms with Gasteiger partial charge in [0, 0.05) is 12.0 Å². The van der Waals surface area contributed by atoms with Crippen molar-refractivity contribution >= 4 is 22.3 Å². The fourth-order valence-corrected chi connectivity index (χ4v) is 5.02. The number of nitrogens with zero attached hydrogens (tertiary/aromatic N) is 3. The number of ether oxygens (including phenoxy) is 1. The van der Waals surface area contributed by atoms with Gasteiger partial charge in [-0.1, -0.05) is 67.9 Å². The predicted molar refractivity (Wildman–Crippen MR) is 112 cm³/mol. The van der Waals surface area contributed by atoms with E-state index in [1.165, 1.54) is 41.2 Å². The van der Waals surface area contributed by atoms with E-state index < -0.39 is 0 Å². The Bertz CT molecular complexity index is 1040. The molecule has 152 valence electrons. The lowest BCUT2D eigenvalue weighted by Crippen LogP contribution is -2.19. The smallest absolute Gasteiger partial charge is 0.313 e. The van der Waals surface area contributed by atoms with Crippen molar-refractivity contribution in [3.05, 3.63) is 63.0 Å². The highest BCUT2D eigenvalue weighted by atomic mass is 32.1. The molecule has 0 amide bonds. The van der Waals surface area contributed by atoms with Gasteiger partial charge in [0.05, 0.1) is 11.6 Å². The number of carbonyl (C=O) groups excluding carboxylic acids is 1. The average molecular weight is 412 g/mol. The normalized spacial score (nSPS) is 16.0. The fourth-order valence-electron chi connectivity index (χ4n) is 3.93. The van der Waals surface area contributed by atoms with Gasteiger partial charge in [-0.2, -0.15) is 9.61 Å². The standard InChI is InChI=1S/C22H25N3O3S/c1-2-18(15-9-5-3-6-10-15)21(27)28-14-17-13-19(26)25-22(23-17)29-20(24-25)16-11-7-4-8-12-16/h3,5-6,9-10,13,16,18H,2,4,7-8,11-12,14H2,1H3/t18-/m0/s1. The molecule has 0 radical (unpaired) electrons. The van der Waals surface area contributed by atoms with Gasteiger partial charge in [0.1, 0.15) is 11.6 Å². The molecule has 0 aliphatic heterocycles. The Morgan fingerprint density at radius 2 is 2.00 bits per heavy atom. The third kappa shape index (κ3) is 4.40. The summed E-state index contributed by atoms with van der Waals surface area (Å²) in [5.74, 6) is -0.192. The van der Waals surface area contributed by atoms with Crippen molar-refractivity contribution in [3.63, 3.8) is 0 Å². The number of fused-ring (bicyclic) bond motifs is 1. The first kappa shape index (κ1) is 19.8. The summed E-state index contributed by atoms with van der Waals surface area (Å²) in [5, 5.41) is 5.49. The molecule has 1 aromatic carbocycles. The molecule has 7 heteroatoms. The molecule has 0 bridgehead atoms. The van der Waals surface area contributed by atoms with E-state index in [2.05, 4.69) is 10.1 Å². The van der Waals surface area contributed by atoms with Crippen molar-refractivity contribution in [2.24, 2.45) is 0 Å². The molecule has 1 atom stereocenters. The molecule has 2 heterocycles. The van der Waals surface area contributed by atoms with Crippen molar-refractivity contribution in [1.29, 1.82) is 0 Å². The van der Waals surface area contributed by atoms with Gasteiger partial charge in [-0.25, -0.2) is 4.98 Å². The molecule has 1 fully saturated rings. The van der Waals surface area contributed by atoms with E-state index in [0.717, 1.165) is 23.4 Å². The van der Waals surface area contributed by atoms with Crippen molar-refractivity contribution in [2.75, 3.05) is 0 Å². The summed E-state index contributed by atoms with van der Waals surface area (Å²) in [6, 6.07) is 11.0. The lowest BCUT2D eigenvalue weighted by molar-refractivity contribution is -0.147. The van der Waals surface area contributed by atoms with Gasteiger partial charge in [-0.15, -0.1) is 0 Å². The van der Waals surface area contributed by atoms with Crippen molar-refractivity contribution in [1.82, 2.24) is 14.6 Å². The van der Waals surface area contributed by atoms with Crippen LogP contribution in [0.15, 0.2) is 41.2 Å². The summed E-state index contributed by atoms with van der Waals surface area (Å²) in [6.07, 6.45) is 6.59. The van der Waals surface area contributed by atoms with Crippen LogP contribution in [-0.2, 0) is 16.1 Å². The van der Waals surface area contributed by atoms with E-state index in [4.69, 9.17) is 4.74 Å². The maximum atomic E-state index is 12.6. The number of benzene rings is 1. The second-order valence-electron chi connectivity index (χ2n) is 7.53. The molecular formula is C22H25N3O3S. The SMILES string of the molecule is CC[C@H](C(=O)OCc1cc(=O)n2nc(C3CCCCC3)sc2n1)c1ccccc1. The van der Waals surface area contributed by atoms with E-state index in [9.17, 15) is 9.59 Å². The third-order valence-electron chi connectivity index (χ3n) is 5.53. The monoisotopic (exact) mass is 411 g/mol. The van der Waals surface area contributed by atoms with Crippen LogP contribution < -0.4 is 5.56 Å².